The molecule has 1 aliphatic heterocycles. The van der Waals surface area contributed by atoms with Gasteiger partial charge in [-0.3, -0.25) is 0 Å². The Morgan fingerprint density at radius 2 is 2.32 bits per heavy atom. The fourth-order valence-electron chi connectivity index (χ4n) is 2.16. The highest BCUT2D eigenvalue weighted by atomic mass is 35.5. The molecular weight excluding hydrogens is 298 g/mol. The first kappa shape index (κ1) is 13.2. The molecule has 0 atom stereocenters. The van der Waals surface area contributed by atoms with Crippen LogP contribution in [0.15, 0.2) is 16.3 Å². The second kappa shape index (κ2) is 5.69. The first-order valence-corrected chi connectivity index (χ1v) is 8.50. The molecule has 0 fully saturated rings. The molecule has 0 saturated carbocycles. The highest BCUT2D eigenvalue weighted by Gasteiger charge is 2.19. The summed E-state index contributed by atoms with van der Waals surface area (Å²) in [4.78, 5) is 11.2. The predicted octanol–water partition coefficient (Wildman–Crippen LogP) is 4.01. The van der Waals surface area contributed by atoms with Crippen LogP contribution in [0, 0.1) is 0 Å². The maximum Gasteiger partial charge on any atom is 0.224 e. The standard InChI is InChI=1S/C13H14ClN3S2/c1-2-8-3-5-18-10(8)7-15-12-11-9(4-6-19-11)16-13(14)17-12/h3,5H,2,4,6-7H2,1H3,(H,15,16,17). The van der Waals surface area contributed by atoms with E-state index in [1.807, 2.05) is 11.8 Å². The van der Waals surface area contributed by atoms with Crippen LogP contribution in [0.4, 0.5) is 5.82 Å². The lowest BCUT2D eigenvalue weighted by atomic mass is 10.2. The largest absolute Gasteiger partial charge is 0.364 e. The van der Waals surface area contributed by atoms with Crippen molar-refractivity contribution in [1.29, 1.82) is 0 Å². The fourth-order valence-corrected chi connectivity index (χ4v) is 4.33. The van der Waals surface area contributed by atoms with Gasteiger partial charge in [0.1, 0.15) is 5.82 Å². The molecule has 0 aliphatic carbocycles. The molecule has 3 heterocycles. The molecule has 19 heavy (non-hydrogen) atoms. The molecule has 6 heteroatoms. The van der Waals surface area contributed by atoms with Crippen LogP contribution in [0.1, 0.15) is 23.1 Å². The van der Waals surface area contributed by atoms with Crippen LogP contribution in [0.5, 0.6) is 0 Å². The Morgan fingerprint density at radius 1 is 1.42 bits per heavy atom. The van der Waals surface area contributed by atoms with Crippen molar-refractivity contribution in [3.05, 3.63) is 32.9 Å². The molecule has 2 aromatic heterocycles. The van der Waals surface area contributed by atoms with Crippen LogP contribution in [0.2, 0.25) is 5.28 Å². The SMILES string of the molecule is CCc1ccsc1CNc1nc(Cl)nc2c1SCC2. The average molecular weight is 312 g/mol. The Labute approximate surface area is 125 Å². The third kappa shape index (κ3) is 2.73. The van der Waals surface area contributed by atoms with Gasteiger partial charge in [0.25, 0.3) is 0 Å². The van der Waals surface area contributed by atoms with Crippen LogP contribution in [0.3, 0.4) is 0 Å². The van der Waals surface area contributed by atoms with Crippen LogP contribution in [-0.4, -0.2) is 15.7 Å². The molecule has 0 amide bonds. The summed E-state index contributed by atoms with van der Waals surface area (Å²) >= 11 is 9.57. The molecule has 0 aromatic carbocycles. The molecule has 100 valence electrons. The third-order valence-corrected chi connectivity index (χ3v) is 5.39. The second-order valence-corrected chi connectivity index (χ2v) is 6.74. The first-order chi connectivity index (χ1) is 9.28. The van der Waals surface area contributed by atoms with E-state index in [9.17, 15) is 0 Å². The summed E-state index contributed by atoms with van der Waals surface area (Å²) in [6.45, 7) is 2.99. The van der Waals surface area contributed by atoms with Gasteiger partial charge in [0.05, 0.1) is 17.1 Å². The van der Waals surface area contributed by atoms with Gasteiger partial charge in [-0.15, -0.1) is 23.1 Å². The summed E-state index contributed by atoms with van der Waals surface area (Å²) in [5.74, 6) is 1.95. The minimum absolute atomic E-state index is 0.339. The van der Waals surface area contributed by atoms with Gasteiger partial charge in [0.15, 0.2) is 0 Å². The number of thiophene rings is 1. The summed E-state index contributed by atoms with van der Waals surface area (Å²) in [7, 11) is 0. The monoisotopic (exact) mass is 311 g/mol. The Bertz CT molecular complexity index is 598. The van der Waals surface area contributed by atoms with E-state index in [0.29, 0.717) is 5.28 Å². The Hall–Kier alpha value is -0.780. The zero-order valence-corrected chi connectivity index (χ0v) is 13.0. The lowest BCUT2D eigenvalue weighted by Gasteiger charge is -2.09. The van der Waals surface area contributed by atoms with Crippen molar-refractivity contribution in [1.82, 2.24) is 9.97 Å². The third-order valence-electron chi connectivity index (χ3n) is 3.13. The van der Waals surface area contributed by atoms with Crippen LogP contribution in [0.25, 0.3) is 0 Å². The number of aryl methyl sites for hydroxylation is 2. The van der Waals surface area contributed by atoms with Crippen molar-refractivity contribution in [3.8, 4) is 0 Å². The predicted molar refractivity (Wildman–Crippen MR) is 82.5 cm³/mol. The minimum atomic E-state index is 0.339. The number of nitrogens with zero attached hydrogens (tertiary/aromatic N) is 2. The van der Waals surface area contributed by atoms with Gasteiger partial charge in [-0.05, 0) is 35.0 Å². The lowest BCUT2D eigenvalue weighted by Crippen LogP contribution is -2.05. The summed E-state index contributed by atoms with van der Waals surface area (Å²) in [6, 6.07) is 2.19. The van der Waals surface area contributed by atoms with E-state index in [2.05, 4.69) is 33.7 Å². The zero-order valence-electron chi connectivity index (χ0n) is 10.6. The van der Waals surface area contributed by atoms with E-state index >= 15 is 0 Å². The van der Waals surface area contributed by atoms with Crippen LogP contribution < -0.4 is 5.32 Å². The van der Waals surface area contributed by atoms with Gasteiger partial charge in [-0.2, -0.15) is 4.98 Å². The average Bonchev–Trinajstić information content (AvgIpc) is 3.03. The summed E-state index contributed by atoms with van der Waals surface area (Å²) in [6.07, 6.45) is 2.05. The van der Waals surface area contributed by atoms with Gasteiger partial charge in [-0.25, -0.2) is 4.98 Å². The first-order valence-electron chi connectivity index (χ1n) is 6.26. The number of hydrogen-bond donors (Lipinski definition) is 1. The van der Waals surface area contributed by atoms with E-state index in [0.717, 1.165) is 36.7 Å². The van der Waals surface area contributed by atoms with Crippen molar-refractivity contribution in [2.45, 2.75) is 31.2 Å². The minimum Gasteiger partial charge on any atom is -0.364 e. The lowest BCUT2D eigenvalue weighted by molar-refractivity contribution is 0.961. The Kier molecular flexibility index (Phi) is 3.96. The van der Waals surface area contributed by atoms with Crippen molar-refractivity contribution in [2.24, 2.45) is 0 Å². The topological polar surface area (TPSA) is 37.8 Å². The molecule has 0 saturated heterocycles. The van der Waals surface area contributed by atoms with E-state index in [1.165, 1.54) is 15.3 Å². The van der Waals surface area contributed by atoms with Crippen LogP contribution in [-0.2, 0) is 19.4 Å². The van der Waals surface area contributed by atoms with E-state index < -0.39 is 0 Å². The summed E-state index contributed by atoms with van der Waals surface area (Å²) in [5.41, 5.74) is 2.48. The van der Waals surface area contributed by atoms with Gasteiger partial charge < -0.3 is 5.32 Å². The van der Waals surface area contributed by atoms with Crippen molar-refractivity contribution in [3.63, 3.8) is 0 Å². The van der Waals surface area contributed by atoms with E-state index in [-0.39, 0.29) is 0 Å². The number of hydrogen-bond acceptors (Lipinski definition) is 5. The van der Waals surface area contributed by atoms with Crippen LogP contribution >= 0.6 is 34.7 Å². The number of halogens is 1. The van der Waals surface area contributed by atoms with Crippen molar-refractivity contribution < 1.29 is 0 Å². The number of fused-ring (bicyclic) bond motifs is 1. The maximum atomic E-state index is 5.98. The molecule has 0 radical (unpaired) electrons. The molecule has 0 bridgehead atoms. The second-order valence-electron chi connectivity index (χ2n) is 4.29. The van der Waals surface area contributed by atoms with E-state index in [4.69, 9.17) is 11.6 Å². The molecule has 1 N–H and O–H groups in total. The van der Waals surface area contributed by atoms with Gasteiger partial charge >= 0.3 is 0 Å². The Balaban J connectivity index is 1.81. The maximum absolute atomic E-state index is 5.98. The summed E-state index contributed by atoms with van der Waals surface area (Å²) in [5, 5.41) is 5.90. The smallest absolute Gasteiger partial charge is 0.224 e. The van der Waals surface area contributed by atoms with E-state index in [1.54, 1.807) is 11.3 Å². The molecule has 3 rings (SSSR count). The Morgan fingerprint density at radius 3 is 3.16 bits per heavy atom. The number of rotatable bonds is 4. The molecule has 1 aliphatic rings. The number of aromatic nitrogens is 2. The highest BCUT2D eigenvalue weighted by molar-refractivity contribution is 7.99. The fraction of sp³-hybridized carbons (Fsp3) is 0.385. The highest BCUT2D eigenvalue weighted by Crippen LogP contribution is 2.36. The quantitative estimate of drug-likeness (QED) is 0.866. The van der Waals surface area contributed by atoms with Crippen molar-refractivity contribution in [2.75, 3.05) is 11.1 Å². The normalized spacial score (nSPS) is 13.6. The van der Waals surface area contributed by atoms with Gasteiger partial charge in [0.2, 0.25) is 5.28 Å². The molecule has 2 aromatic rings. The molecule has 0 spiro atoms. The molecule has 3 nitrogen and oxygen atoms in total. The van der Waals surface area contributed by atoms with Gasteiger partial charge in [0, 0.05) is 17.1 Å². The molecule has 0 unspecified atom stereocenters. The zero-order chi connectivity index (χ0) is 13.2. The number of thioether (sulfide) groups is 1. The van der Waals surface area contributed by atoms with Crippen molar-refractivity contribution >= 4 is 40.5 Å². The molecular formula is C13H14ClN3S2. The van der Waals surface area contributed by atoms with Gasteiger partial charge in [-0.1, -0.05) is 6.92 Å². The number of anilines is 1. The number of nitrogens with one attached hydrogen (secondary N) is 1. The summed E-state index contributed by atoms with van der Waals surface area (Å²) < 4.78 is 0.